The molecule has 0 heterocycles. The van der Waals surface area contributed by atoms with Gasteiger partial charge in [-0.25, -0.2) is 0 Å². The van der Waals surface area contributed by atoms with Gasteiger partial charge >= 0.3 is 0 Å². The average Bonchev–Trinajstić information content (AvgIpc) is 2.57. The molecular weight excluding hydrogens is 302 g/mol. The van der Waals surface area contributed by atoms with Crippen molar-refractivity contribution >= 4 is 0 Å². The van der Waals surface area contributed by atoms with Crippen molar-refractivity contribution in [2.24, 2.45) is 5.73 Å². The molecule has 0 radical (unpaired) electrons. The third-order valence-electron chi connectivity index (χ3n) is 3.89. The van der Waals surface area contributed by atoms with Gasteiger partial charge in [-0.2, -0.15) is 0 Å². The lowest BCUT2D eigenvalue weighted by Crippen LogP contribution is -2.11. The molecule has 0 saturated carbocycles. The van der Waals surface area contributed by atoms with Crippen molar-refractivity contribution in [2.75, 3.05) is 26.4 Å². The lowest BCUT2D eigenvalue weighted by molar-refractivity contribution is 0.207. The number of aryl methyl sites for hydroxylation is 1. The maximum atomic E-state index is 5.83. The first-order chi connectivity index (χ1) is 11.7. The number of nitrogens with two attached hydrogens (primary N) is 1. The molecule has 0 aliphatic heterocycles. The lowest BCUT2D eigenvalue weighted by atomic mass is 10.1. The molecule has 0 atom stereocenters. The first-order valence-corrected chi connectivity index (χ1v) is 8.43. The van der Waals surface area contributed by atoms with Gasteiger partial charge in [0.2, 0.25) is 0 Å². The Labute approximate surface area is 144 Å². The molecule has 24 heavy (non-hydrogen) atoms. The zero-order chi connectivity index (χ0) is 17.4. The normalized spacial score (nSPS) is 10.5. The van der Waals surface area contributed by atoms with Crippen LogP contribution >= 0.6 is 0 Å². The Bertz CT molecular complexity index is 655. The van der Waals surface area contributed by atoms with E-state index >= 15 is 0 Å². The van der Waals surface area contributed by atoms with Crippen molar-refractivity contribution < 1.29 is 14.2 Å². The standard InChI is InChI=1S/C20H27NO3/c1-4-22-20-14-17(10-11-21)8-9-19(20)24-13-12-23-18-7-5-6-15(2)16(18)3/h5-9,14H,4,10-13,21H2,1-3H3. The lowest BCUT2D eigenvalue weighted by Gasteiger charge is -2.14. The SMILES string of the molecule is CCOc1cc(CCN)ccc1OCCOc1cccc(C)c1C. The summed E-state index contributed by atoms with van der Waals surface area (Å²) in [6.45, 7) is 8.27. The average molecular weight is 329 g/mol. The second kappa shape index (κ2) is 9.18. The molecule has 130 valence electrons. The highest BCUT2D eigenvalue weighted by Crippen LogP contribution is 2.28. The van der Waals surface area contributed by atoms with Crippen LogP contribution in [-0.4, -0.2) is 26.4 Å². The highest BCUT2D eigenvalue weighted by Gasteiger charge is 2.07. The van der Waals surface area contributed by atoms with Crippen molar-refractivity contribution in [1.29, 1.82) is 0 Å². The monoisotopic (exact) mass is 329 g/mol. The minimum absolute atomic E-state index is 0.462. The van der Waals surface area contributed by atoms with Crippen LogP contribution in [0.1, 0.15) is 23.6 Å². The molecule has 2 aromatic rings. The van der Waals surface area contributed by atoms with Gasteiger partial charge in [-0.05, 0) is 68.6 Å². The van der Waals surface area contributed by atoms with Crippen LogP contribution in [-0.2, 0) is 6.42 Å². The predicted octanol–water partition coefficient (Wildman–Crippen LogP) is 3.66. The van der Waals surface area contributed by atoms with Gasteiger partial charge in [0.05, 0.1) is 6.61 Å². The summed E-state index contributed by atoms with van der Waals surface area (Å²) in [5.41, 5.74) is 9.15. The number of ether oxygens (including phenoxy) is 3. The molecule has 0 unspecified atom stereocenters. The Kier molecular flexibility index (Phi) is 6.94. The quantitative estimate of drug-likeness (QED) is 0.713. The van der Waals surface area contributed by atoms with Gasteiger partial charge in [0.25, 0.3) is 0 Å². The molecule has 0 spiro atoms. The van der Waals surface area contributed by atoms with E-state index in [-0.39, 0.29) is 0 Å². The number of benzene rings is 2. The van der Waals surface area contributed by atoms with Crippen LogP contribution in [0.15, 0.2) is 36.4 Å². The Balaban J connectivity index is 1.92. The summed E-state index contributed by atoms with van der Waals surface area (Å²) >= 11 is 0. The van der Waals surface area contributed by atoms with Crippen molar-refractivity contribution in [3.8, 4) is 17.2 Å². The Hall–Kier alpha value is -2.20. The van der Waals surface area contributed by atoms with E-state index < -0.39 is 0 Å². The molecule has 2 N–H and O–H groups in total. The molecule has 0 amide bonds. The first kappa shape index (κ1) is 18.1. The molecule has 2 aromatic carbocycles. The fourth-order valence-electron chi connectivity index (χ4n) is 2.45. The van der Waals surface area contributed by atoms with E-state index in [2.05, 4.69) is 19.9 Å². The van der Waals surface area contributed by atoms with Crippen LogP contribution in [0.3, 0.4) is 0 Å². The summed E-state index contributed by atoms with van der Waals surface area (Å²) in [6, 6.07) is 12.0. The summed E-state index contributed by atoms with van der Waals surface area (Å²) < 4.78 is 17.3. The molecule has 0 bridgehead atoms. The summed E-state index contributed by atoms with van der Waals surface area (Å²) in [7, 11) is 0. The number of hydrogen-bond acceptors (Lipinski definition) is 4. The predicted molar refractivity (Wildman–Crippen MR) is 97.3 cm³/mol. The molecule has 0 fully saturated rings. The van der Waals surface area contributed by atoms with E-state index in [0.29, 0.717) is 26.4 Å². The Morgan fingerprint density at radius 3 is 2.33 bits per heavy atom. The highest BCUT2D eigenvalue weighted by molar-refractivity contribution is 5.43. The topological polar surface area (TPSA) is 53.7 Å². The third kappa shape index (κ3) is 4.90. The fourth-order valence-corrected chi connectivity index (χ4v) is 2.45. The van der Waals surface area contributed by atoms with Crippen LogP contribution in [0.25, 0.3) is 0 Å². The van der Waals surface area contributed by atoms with Crippen LogP contribution in [0, 0.1) is 13.8 Å². The summed E-state index contributed by atoms with van der Waals surface area (Å²) in [4.78, 5) is 0. The molecule has 4 heteroatoms. The van der Waals surface area contributed by atoms with Crippen LogP contribution in [0.4, 0.5) is 0 Å². The largest absolute Gasteiger partial charge is 0.490 e. The minimum atomic E-state index is 0.462. The van der Waals surface area contributed by atoms with Crippen molar-refractivity contribution in [1.82, 2.24) is 0 Å². The van der Waals surface area contributed by atoms with E-state index in [4.69, 9.17) is 19.9 Å². The zero-order valence-corrected chi connectivity index (χ0v) is 14.8. The Morgan fingerprint density at radius 1 is 0.875 bits per heavy atom. The Morgan fingerprint density at radius 2 is 1.62 bits per heavy atom. The molecule has 0 saturated heterocycles. The van der Waals surface area contributed by atoms with E-state index in [0.717, 1.165) is 29.2 Å². The smallest absolute Gasteiger partial charge is 0.161 e. The zero-order valence-electron chi connectivity index (χ0n) is 14.8. The van der Waals surface area contributed by atoms with E-state index in [1.165, 1.54) is 11.1 Å². The second-order valence-corrected chi connectivity index (χ2v) is 5.65. The van der Waals surface area contributed by atoms with Crippen LogP contribution < -0.4 is 19.9 Å². The van der Waals surface area contributed by atoms with Gasteiger partial charge in [-0.1, -0.05) is 18.2 Å². The van der Waals surface area contributed by atoms with Gasteiger partial charge in [0, 0.05) is 0 Å². The maximum Gasteiger partial charge on any atom is 0.161 e. The van der Waals surface area contributed by atoms with Gasteiger partial charge in [0.15, 0.2) is 11.5 Å². The highest BCUT2D eigenvalue weighted by atomic mass is 16.5. The molecule has 0 aliphatic carbocycles. The summed E-state index contributed by atoms with van der Waals surface area (Å²) in [6.07, 6.45) is 0.829. The van der Waals surface area contributed by atoms with Crippen molar-refractivity contribution in [3.05, 3.63) is 53.1 Å². The van der Waals surface area contributed by atoms with Gasteiger partial charge in [-0.15, -0.1) is 0 Å². The van der Waals surface area contributed by atoms with E-state index in [1.807, 2.05) is 37.3 Å². The van der Waals surface area contributed by atoms with E-state index in [9.17, 15) is 0 Å². The molecule has 0 aliphatic rings. The second-order valence-electron chi connectivity index (χ2n) is 5.65. The molecule has 4 nitrogen and oxygen atoms in total. The number of hydrogen-bond donors (Lipinski definition) is 1. The third-order valence-corrected chi connectivity index (χ3v) is 3.89. The van der Waals surface area contributed by atoms with Crippen LogP contribution in [0.2, 0.25) is 0 Å². The van der Waals surface area contributed by atoms with Crippen molar-refractivity contribution in [2.45, 2.75) is 27.2 Å². The number of rotatable bonds is 9. The summed E-state index contributed by atoms with van der Waals surface area (Å²) in [5.74, 6) is 2.40. The maximum absolute atomic E-state index is 5.83. The summed E-state index contributed by atoms with van der Waals surface area (Å²) in [5, 5.41) is 0. The molecule has 0 aromatic heterocycles. The van der Waals surface area contributed by atoms with Gasteiger partial charge in [0.1, 0.15) is 19.0 Å². The molecule has 2 rings (SSSR count). The van der Waals surface area contributed by atoms with Crippen LogP contribution in [0.5, 0.6) is 17.2 Å². The van der Waals surface area contributed by atoms with Crippen molar-refractivity contribution in [3.63, 3.8) is 0 Å². The fraction of sp³-hybridized carbons (Fsp3) is 0.400. The van der Waals surface area contributed by atoms with Gasteiger partial charge < -0.3 is 19.9 Å². The first-order valence-electron chi connectivity index (χ1n) is 8.43. The van der Waals surface area contributed by atoms with Gasteiger partial charge in [-0.3, -0.25) is 0 Å². The van der Waals surface area contributed by atoms with E-state index in [1.54, 1.807) is 0 Å². The minimum Gasteiger partial charge on any atom is -0.490 e. The molecular formula is C20H27NO3.